The Kier molecular flexibility index (Phi) is 5.62. The SMILES string of the molecule is Cc1sc2nc(SCC(=O)Nc3cccc(Cl)c3Cl)n(C)c(=O)c2c1C. The molecular weight excluding hydrogens is 413 g/mol. The van der Waals surface area contributed by atoms with Crippen LogP contribution in [0.15, 0.2) is 28.2 Å². The van der Waals surface area contributed by atoms with Crippen LogP contribution >= 0.6 is 46.3 Å². The highest BCUT2D eigenvalue weighted by molar-refractivity contribution is 7.99. The second-order valence-electron chi connectivity index (χ2n) is 5.66. The number of nitrogens with zero attached hydrogens (tertiary/aromatic N) is 2. The smallest absolute Gasteiger partial charge is 0.262 e. The molecule has 0 radical (unpaired) electrons. The second-order valence-corrected chi connectivity index (χ2v) is 8.59. The van der Waals surface area contributed by atoms with Gasteiger partial charge in [0.25, 0.3) is 5.56 Å². The lowest BCUT2D eigenvalue weighted by Gasteiger charge is -2.09. The minimum Gasteiger partial charge on any atom is -0.324 e. The third-order valence-corrected chi connectivity index (χ3v) is 6.88. The number of fused-ring (bicyclic) bond motifs is 1. The number of aromatic nitrogens is 2. The Labute approximate surface area is 168 Å². The molecule has 136 valence electrons. The fourth-order valence-electron chi connectivity index (χ4n) is 2.40. The van der Waals surface area contributed by atoms with Crippen molar-refractivity contribution in [2.45, 2.75) is 19.0 Å². The molecule has 0 atom stereocenters. The van der Waals surface area contributed by atoms with Crippen molar-refractivity contribution >= 4 is 68.1 Å². The number of halogens is 2. The molecule has 3 rings (SSSR count). The molecule has 9 heteroatoms. The third-order valence-electron chi connectivity index (χ3n) is 3.93. The number of thiophene rings is 1. The van der Waals surface area contributed by atoms with Crippen molar-refractivity contribution in [3.05, 3.63) is 49.0 Å². The van der Waals surface area contributed by atoms with Crippen LogP contribution in [0.3, 0.4) is 0 Å². The van der Waals surface area contributed by atoms with E-state index in [0.717, 1.165) is 10.4 Å². The van der Waals surface area contributed by atoms with Crippen molar-refractivity contribution < 1.29 is 4.79 Å². The number of amides is 1. The largest absolute Gasteiger partial charge is 0.324 e. The zero-order chi connectivity index (χ0) is 19.0. The Bertz CT molecular complexity index is 1080. The molecule has 0 unspecified atom stereocenters. The van der Waals surface area contributed by atoms with Gasteiger partial charge in [-0.05, 0) is 31.5 Å². The van der Waals surface area contributed by atoms with Gasteiger partial charge in [-0.25, -0.2) is 4.98 Å². The van der Waals surface area contributed by atoms with E-state index < -0.39 is 0 Å². The monoisotopic (exact) mass is 427 g/mol. The average molecular weight is 428 g/mol. The molecule has 1 aromatic carbocycles. The average Bonchev–Trinajstić information content (AvgIpc) is 2.88. The first-order chi connectivity index (χ1) is 12.3. The molecule has 2 heterocycles. The quantitative estimate of drug-likeness (QED) is 0.486. The number of benzene rings is 1. The van der Waals surface area contributed by atoms with Crippen LogP contribution in [-0.4, -0.2) is 21.2 Å². The second kappa shape index (κ2) is 7.60. The molecule has 0 bridgehead atoms. The first kappa shape index (κ1) is 19.2. The number of anilines is 1. The zero-order valence-electron chi connectivity index (χ0n) is 14.2. The Hall–Kier alpha value is -1.54. The Morgan fingerprint density at radius 1 is 1.35 bits per heavy atom. The number of thioether (sulfide) groups is 1. The van der Waals surface area contributed by atoms with E-state index in [1.54, 1.807) is 25.2 Å². The minimum absolute atomic E-state index is 0.0952. The maximum absolute atomic E-state index is 12.6. The van der Waals surface area contributed by atoms with E-state index in [9.17, 15) is 9.59 Å². The van der Waals surface area contributed by atoms with E-state index in [0.29, 0.717) is 31.1 Å². The summed E-state index contributed by atoms with van der Waals surface area (Å²) in [6.07, 6.45) is 0. The van der Waals surface area contributed by atoms with Gasteiger partial charge in [0.05, 0.1) is 26.9 Å². The molecule has 0 spiro atoms. The lowest BCUT2D eigenvalue weighted by Crippen LogP contribution is -2.21. The predicted octanol–water partition coefficient (Wildman–Crippen LogP) is 4.65. The zero-order valence-corrected chi connectivity index (χ0v) is 17.4. The molecule has 0 saturated heterocycles. The maximum Gasteiger partial charge on any atom is 0.262 e. The van der Waals surface area contributed by atoms with Crippen molar-refractivity contribution in [3.8, 4) is 0 Å². The summed E-state index contributed by atoms with van der Waals surface area (Å²) < 4.78 is 1.48. The first-order valence-electron chi connectivity index (χ1n) is 7.63. The van der Waals surface area contributed by atoms with Crippen LogP contribution in [-0.2, 0) is 11.8 Å². The number of hydrogen-bond donors (Lipinski definition) is 1. The van der Waals surface area contributed by atoms with Crippen LogP contribution in [0.1, 0.15) is 10.4 Å². The summed E-state index contributed by atoms with van der Waals surface area (Å²) in [5, 5.41) is 4.53. The summed E-state index contributed by atoms with van der Waals surface area (Å²) in [6, 6.07) is 5.03. The number of carbonyl (C=O) groups is 1. The number of rotatable bonds is 4. The first-order valence-corrected chi connectivity index (χ1v) is 10.2. The van der Waals surface area contributed by atoms with Gasteiger partial charge in [-0.3, -0.25) is 14.2 Å². The highest BCUT2D eigenvalue weighted by Crippen LogP contribution is 2.30. The molecule has 26 heavy (non-hydrogen) atoms. The van der Waals surface area contributed by atoms with E-state index in [2.05, 4.69) is 10.3 Å². The highest BCUT2D eigenvalue weighted by atomic mass is 35.5. The molecule has 0 aliphatic rings. The number of nitrogens with one attached hydrogen (secondary N) is 1. The molecule has 1 amide bonds. The van der Waals surface area contributed by atoms with Crippen molar-refractivity contribution in [1.29, 1.82) is 0 Å². The van der Waals surface area contributed by atoms with Gasteiger partial charge in [-0.1, -0.05) is 41.0 Å². The summed E-state index contributed by atoms with van der Waals surface area (Å²) in [7, 11) is 1.66. The predicted molar refractivity (Wildman–Crippen MR) is 110 cm³/mol. The van der Waals surface area contributed by atoms with Crippen molar-refractivity contribution in [2.75, 3.05) is 11.1 Å². The molecular formula is C17H15Cl2N3O2S2. The molecule has 0 saturated carbocycles. The van der Waals surface area contributed by atoms with Crippen LogP contribution in [0, 0.1) is 13.8 Å². The lowest BCUT2D eigenvalue weighted by molar-refractivity contribution is -0.113. The molecule has 0 fully saturated rings. The molecule has 1 N–H and O–H groups in total. The van der Waals surface area contributed by atoms with Gasteiger partial charge in [0.15, 0.2) is 5.16 Å². The van der Waals surface area contributed by atoms with Crippen LogP contribution in [0.2, 0.25) is 10.0 Å². The molecule has 3 aromatic rings. The Balaban J connectivity index is 1.79. The summed E-state index contributed by atoms with van der Waals surface area (Å²) in [5.74, 6) is -0.162. The fourth-order valence-corrected chi connectivity index (χ4v) is 4.59. The number of aryl methyl sites for hydroxylation is 2. The van der Waals surface area contributed by atoms with E-state index in [4.69, 9.17) is 23.2 Å². The number of carbonyl (C=O) groups excluding carboxylic acids is 1. The van der Waals surface area contributed by atoms with E-state index in [-0.39, 0.29) is 17.2 Å². The fraction of sp³-hybridized carbons (Fsp3) is 0.235. The topological polar surface area (TPSA) is 64.0 Å². The van der Waals surface area contributed by atoms with Crippen molar-refractivity contribution in [2.24, 2.45) is 7.05 Å². The molecule has 5 nitrogen and oxygen atoms in total. The van der Waals surface area contributed by atoms with Gasteiger partial charge in [0.1, 0.15) is 4.83 Å². The number of hydrogen-bond acceptors (Lipinski definition) is 5. The summed E-state index contributed by atoms with van der Waals surface area (Å²) in [5.41, 5.74) is 1.31. The van der Waals surface area contributed by atoms with E-state index in [1.165, 1.54) is 27.7 Å². The third kappa shape index (κ3) is 3.62. The van der Waals surface area contributed by atoms with Crippen LogP contribution < -0.4 is 10.9 Å². The normalized spacial score (nSPS) is 11.1. The van der Waals surface area contributed by atoms with Crippen LogP contribution in [0.5, 0.6) is 0 Å². The standard InChI is InChI=1S/C17H15Cl2N3O2S2/c1-8-9(2)26-15-13(8)16(24)22(3)17(21-15)25-7-12(23)20-11-6-4-5-10(18)14(11)19/h4-6H,7H2,1-3H3,(H,20,23). The summed E-state index contributed by atoms with van der Waals surface area (Å²) in [4.78, 5) is 31.1. The molecule has 2 aromatic heterocycles. The summed E-state index contributed by atoms with van der Waals surface area (Å²) >= 11 is 14.7. The van der Waals surface area contributed by atoms with E-state index >= 15 is 0 Å². The van der Waals surface area contributed by atoms with Crippen LogP contribution in [0.25, 0.3) is 10.2 Å². The molecule has 0 aliphatic carbocycles. The summed E-state index contributed by atoms with van der Waals surface area (Å²) in [6.45, 7) is 3.89. The molecule has 0 aliphatic heterocycles. The van der Waals surface area contributed by atoms with Crippen molar-refractivity contribution in [1.82, 2.24) is 9.55 Å². The van der Waals surface area contributed by atoms with Gasteiger partial charge in [0, 0.05) is 11.9 Å². The maximum atomic E-state index is 12.6. The van der Waals surface area contributed by atoms with Gasteiger partial charge < -0.3 is 5.32 Å². The lowest BCUT2D eigenvalue weighted by atomic mass is 10.2. The van der Waals surface area contributed by atoms with Gasteiger partial charge in [-0.15, -0.1) is 11.3 Å². The van der Waals surface area contributed by atoms with Gasteiger partial charge >= 0.3 is 0 Å². The highest BCUT2D eigenvalue weighted by Gasteiger charge is 2.16. The Morgan fingerprint density at radius 3 is 2.81 bits per heavy atom. The van der Waals surface area contributed by atoms with Crippen LogP contribution in [0.4, 0.5) is 5.69 Å². The van der Waals surface area contributed by atoms with Crippen molar-refractivity contribution in [3.63, 3.8) is 0 Å². The Morgan fingerprint density at radius 2 is 2.08 bits per heavy atom. The van der Waals surface area contributed by atoms with E-state index in [1.807, 2.05) is 13.8 Å². The van der Waals surface area contributed by atoms with Gasteiger partial charge in [0.2, 0.25) is 5.91 Å². The van der Waals surface area contributed by atoms with Gasteiger partial charge in [-0.2, -0.15) is 0 Å². The minimum atomic E-state index is -0.257.